The van der Waals surface area contributed by atoms with Gasteiger partial charge in [0.1, 0.15) is 5.78 Å². The molecule has 2 nitrogen and oxygen atoms in total. The standard InChI is InChI=1S/C20H23NO/c1-13-4-8-16(9-5-13)18-12-19(22)15(3)20(21-18)17-10-6-14(2)7-11-17/h4-11,15,18,20-21H,12H2,1-3H3/t15-,18+,20+/m0/s1. The number of nitrogens with one attached hydrogen (secondary N) is 1. The van der Waals surface area contributed by atoms with E-state index in [0.29, 0.717) is 12.2 Å². The van der Waals surface area contributed by atoms with E-state index in [0.717, 1.165) is 0 Å². The summed E-state index contributed by atoms with van der Waals surface area (Å²) in [6, 6.07) is 17.2. The van der Waals surface area contributed by atoms with Gasteiger partial charge in [-0.05, 0) is 25.0 Å². The fourth-order valence-corrected chi connectivity index (χ4v) is 3.16. The predicted octanol–water partition coefficient (Wildman–Crippen LogP) is 4.28. The average Bonchev–Trinajstić information content (AvgIpc) is 2.52. The summed E-state index contributed by atoms with van der Waals surface area (Å²) < 4.78 is 0. The highest BCUT2D eigenvalue weighted by molar-refractivity contribution is 5.83. The first-order valence-corrected chi connectivity index (χ1v) is 7.96. The summed E-state index contributed by atoms with van der Waals surface area (Å²) in [6.45, 7) is 6.20. The molecule has 0 amide bonds. The van der Waals surface area contributed by atoms with Crippen molar-refractivity contribution in [2.45, 2.75) is 39.3 Å². The fourth-order valence-electron chi connectivity index (χ4n) is 3.16. The van der Waals surface area contributed by atoms with Crippen LogP contribution in [0, 0.1) is 19.8 Å². The summed E-state index contributed by atoms with van der Waals surface area (Å²) >= 11 is 0. The van der Waals surface area contributed by atoms with E-state index in [9.17, 15) is 4.79 Å². The topological polar surface area (TPSA) is 29.1 Å². The minimum Gasteiger partial charge on any atom is -0.302 e. The Labute approximate surface area is 132 Å². The van der Waals surface area contributed by atoms with Crippen molar-refractivity contribution in [2.75, 3.05) is 0 Å². The Balaban J connectivity index is 1.88. The minimum atomic E-state index is 0.0180. The van der Waals surface area contributed by atoms with Gasteiger partial charge in [0.15, 0.2) is 0 Å². The van der Waals surface area contributed by atoms with Crippen molar-refractivity contribution in [2.24, 2.45) is 5.92 Å². The van der Waals surface area contributed by atoms with Crippen LogP contribution in [-0.4, -0.2) is 5.78 Å². The maximum Gasteiger partial charge on any atom is 0.139 e. The zero-order valence-corrected chi connectivity index (χ0v) is 13.5. The molecular weight excluding hydrogens is 270 g/mol. The Hall–Kier alpha value is -1.93. The van der Waals surface area contributed by atoms with Crippen LogP contribution in [0.5, 0.6) is 0 Å². The molecule has 2 heteroatoms. The highest BCUT2D eigenvalue weighted by Gasteiger charge is 2.34. The number of carbonyl (C=O) groups excluding carboxylic acids is 1. The fraction of sp³-hybridized carbons (Fsp3) is 0.350. The van der Waals surface area contributed by atoms with Gasteiger partial charge in [-0.2, -0.15) is 0 Å². The van der Waals surface area contributed by atoms with E-state index in [4.69, 9.17) is 0 Å². The largest absolute Gasteiger partial charge is 0.302 e. The molecule has 1 saturated heterocycles. The zero-order chi connectivity index (χ0) is 15.7. The Morgan fingerprint density at radius 3 is 1.91 bits per heavy atom. The molecule has 0 saturated carbocycles. The number of hydrogen-bond acceptors (Lipinski definition) is 2. The molecule has 1 aliphatic rings. The van der Waals surface area contributed by atoms with Gasteiger partial charge in [-0.1, -0.05) is 66.6 Å². The van der Waals surface area contributed by atoms with E-state index in [1.54, 1.807) is 0 Å². The van der Waals surface area contributed by atoms with Gasteiger partial charge < -0.3 is 5.32 Å². The van der Waals surface area contributed by atoms with Gasteiger partial charge in [0.05, 0.1) is 0 Å². The molecule has 3 atom stereocenters. The van der Waals surface area contributed by atoms with E-state index >= 15 is 0 Å². The lowest BCUT2D eigenvalue weighted by atomic mass is 9.82. The zero-order valence-electron chi connectivity index (χ0n) is 13.5. The number of ketones is 1. The van der Waals surface area contributed by atoms with Crippen LogP contribution < -0.4 is 5.32 Å². The van der Waals surface area contributed by atoms with Crippen LogP contribution in [0.3, 0.4) is 0 Å². The van der Waals surface area contributed by atoms with Crippen molar-refractivity contribution in [3.05, 3.63) is 70.8 Å². The second-order valence-electron chi connectivity index (χ2n) is 6.48. The smallest absolute Gasteiger partial charge is 0.139 e. The summed E-state index contributed by atoms with van der Waals surface area (Å²) in [4.78, 5) is 12.5. The number of carbonyl (C=O) groups is 1. The molecule has 0 aliphatic carbocycles. The molecule has 0 spiro atoms. The maximum absolute atomic E-state index is 12.5. The number of piperidine rings is 1. The Morgan fingerprint density at radius 2 is 1.36 bits per heavy atom. The molecule has 2 aromatic carbocycles. The quantitative estimate of drug-likeness (QED) is 0.895. The molecule has 0 bridgehead atoms. The summed E-state index contributed by atoms with van der Waals surface area (Å²) in [5, 5.41) is 3.68. The number of Topliss-reactive ketones (excluding diaryl/α,β-unsaturated/α-hetero) is 1. The van der Waals surface area contributed by atoms with Gasteiger partial charge >= 0.3 is 0 Å². The van der Waals surface area contributed by atoms with Gasteiger partial charge in [-0.25, -0.2) is 0 Å². The first-order chi connectivity index (χ1) is 10.5. The van der Waals surface area contributed by atoms with Crippen LogP contribution in [0.15, 0.2) is 48.5 Å². The lowest BCUT2D eigenvalue weighted by molar-refractivity contribution is -0.126. The van der Waals surface area contributed by atoms with Crippen molar-refractivity contribution in [3.8, 4) is 0 Å². The number of aryl methyl sites for hydroxylation is 2. The van der Waals surface area contributed by atoms with Gasteiger partial charge in [0, 0.05) is 24.4 Å². The molecule has 1 fully saturated rings. The lowest BCUT2D eigenvalue weighted by Crippen LogP contribution is -2.41. The average molecular weight is 293 g/mol. The summed E-state index contributed by atoms with van der Waals surface area (Å²) in [7, 11) is 0. The summed E-state index contributed by atoms with van der Waals surface area (Å²) in [5.41, 5.74) is 4.88. The first-order valence-electron chi connectivity index (χ1n) is 7.96. The van der Waals surface area contributed by atoms with Crippen molar-refractivity contribution in [3.63, 3.8) is 0 Å². The first kappa shape index (κ1) is 15.0. The van der Waals surface area contributed by atoms with Crippen LogP contribution >= 0.6 is 0 Å². The van der Waals surface area contributed by atoms with Gasteiger partial charge in [-0.3, -0.25) is 4.79 Å². The van der Waals surface area contributed by atoms with Crippen LogP contribution in [0.2, 0.25) is 0 Å². The van der Waals surface area contributed by atoms with E-state index in [2.05, 4.69) is 67.7 Å². The van der Waals surface area contributed by atoms with Crippen molar-refractivity contribution >= 4 is 5.78 Å². The van der Waals surface area contributed by atoms with Crippen LogP contribution in [0.4, 0.5) is 0 Å². The van der Waals surface area contributed by atoms with Crippen molar-refractivity contribution in [1.82, 2.24) is 5.32 Å². The molecule has 2 aromatic rings. The molecule has 22 heavy (non-hydrogen) atoms. The van der Waals surface area contributed by atoms with Crippen LogP contribution in [0.1, 0.15) is 47.7 Å². The van der Waals surface area contributed by atoms with E-state index in [1.165, 1.54) is 22.3 Å². The van der Waals surface area contributed by atoms with Gasteiger partial charge in [0.2, 0.25) is 0 Å². The van der Waals surface area contributed by atoms with E-state index in [1.807, 2.05) is 6.92 Å². The molecule has 1 aliphatic heterocycles. The van der Waals surface area contributed by atoms with E-state index in [-0.39, 0.29) is 18.0 Å². The number of benzene rings is 2. The molecule has 1 N–H and O–H groups in total. The second-order valence-corrected chi connectivity index (χ2v) is 6.48. The monoisotopic (exact) mass is 293 g/mol. The van der Waals surface area contributed by atoms with Gasteiger partial charge in [-0.15, -0.1) is 0 Å². The van der Waals surface area contributed by atoms with Crippen molar-refractivity contribution in [1.29, 1.82) is 0 Å². The third-order valence-corrected chi connectivity index (χ3v) is 4.71. The SMILES string of the molecule is Cc1ccc([C@H]2CC(=O)[C@H](C)[C@H](c3ccc(C)cc3)N2)cc1. The molecule has 0 aromatic heterocycles. The highest BCUT2D eigenvalue weighted by atomic mass is 16.1. The Morgan fingerprint density at radius 1 is 0.864 bits per heavy atom. The third-order valence-electron chi connectivity index (χ3n) is 4.71. The maximum atomic E-state index is 12.5. The molecule has 0 unspecified atom stereocenters. The van der Waals surface area contributed by atoms with E-state index < -0.39 is 0 Å². The molecule has 0 radical (unpaired) electrons. The Bertz CT molecular complexity index is 657. The second kappa shape index (κ2) is 6.05. The summed E-state index contributed by atoms with van der Waals surface area (Å²) in [5.74, 6) is 0.360. The number of rotatable bonds is 2. The number of hydrogen-bond donors (Lipinski definition) is 1. The molecule has 3 rings (SSSR count). The summed E-state index contributed by atoms with van der Waals surface area (Å²) in [6.07, 6.45) is 0.576. The van der Waals surface area contributed by atoms with Crippen molar-refractivity contribution < 1.29 is 4.79 Å². The minimum absolute atomic E-state index is 0.0180. The molecule has 1 heterocycles. The lowest BCUT2D eigenvalue weighted by Gasteiger charge is -2.35. The normalized spacial score (nSPS) is 25.2. The third kappa shape index (κ3) is 2.97. The Kier molecular flexibility index (Phi) is 4.12. The van der Waals surface area contributed by atoms with Gasteiger partial charge in [0.25, 0.3) is 0 Å². The van der Waals surface area contributed by atoms with Crippen LogP contribution in [0.25, 0.3) is 0 Å². The predicted molar refractivity (Wildman–Crippen MR) is 89.8 cm³/mol. The molecular formula is C20H23NO. The van der Waals surface area contributed by atoms with Crippen LogP contribution in [-0.2, 0) is 4.79 Å². The highest BCUT2D eigenvalue weighted by Crippen LogP contribution is 2.34. The molecule has 114 valence electrons.